The monoisotopic (exact) mass is 285 g/mol. The van der Waals surface area contributed by atoms with Crippen LogP contribution in [0.5, 0.6) is 0 Å². The van der Waals surface area contributed by atoms with Crippen LogP contribution in [-0.4, -0.2) is 0 Å². The minimum atomic E-state index is 0.0178. The van der Waals surface area contributed by atoms with Crippen molar-refractivity contribution in [2.45, 2.75) is 19.3 Å². The van der Waals surface area contributed by atoms with Crippen LogP contribution < -0.4 is 5.73 Å². The summed E-state index contributed by atoms with van der Waals surface area (Å²) in [6.45, 7) is 4.64. The second-order valence-electron chi connectivity index (χ2n) is 6.52. The predicted octanol–water partition coefficient (Wildman–Crippen LogP) is 5.24. The first-order chi connectivity index (χ1) is 10.6. The molecule has 0 fully saturated rings. The Morgan fingerprint density at radius 1 is 0.682 bits per heavy atom. The van der Waals surface area contributed by atoms with Gasteiger partial charge in [-0.2, -0.15) is 0 Å². The molecule has 0 amide bonds. The number of anilines is 1. The third-order valence-electron chi connectivity index (χ3n) is 4.80. The predicted molar refractivity (Wildman–Crippen MR) is 93.9 cm³/mol. The molecule has 0 saturated heterocycles. The number of fused-ring (bicyclic) bond motifs is 3. The number of hydrogen-bond acceptors (Lipinski definition) is 1. The summed E-state index contributed by atoms with van der Waals surface area (Å²) in [4.78, 5) is 0. The van der Waals surface area contributed by atoms with Crippen molar-refractivity contribution >= 4 is 5.69 Å². The average molecular weight is 285 g/mol. The minimum absolute atomic E-state index is 0.0178. The van der Waals surface area contributed by atoms with Gasteiger partial charge in [0.1, 0.15) is 0 Å². The quantitative estimate of drug-likeness (QED) is 0.608. The number of benzene rings is 3. The fourth-order valence-corrected chi connectivity index (χ4v) is 3.75. The molecular formula is C21H19N. The van der Waals surface area contributed by atoms with Gasteiger partial charge in [0.15, 0.2) is 0 Å². The SMILES string of the molecule is CC1(C)c2ccccc2-c2cccc(-c3ccc(N)cc3)c21. The lowest BCUT2D eigenvalue weighted by molar-refractivity contribution is 0.662. The highest BCUT2D eigenvalue weighted by molar-refractivity contribution is 5.88. The first kappa shape index (κ1) is 13.1. The highest BCUT2D eigenvalue weighted by Crippen LogP contribution is 2.51. The van der Waals surface area contributed by atoms with E-state index < -0.39 is 0 Å². The molecule has 1 nitrogen and oxygen atoms in total. The average Bonchev–Trinajstić information content (AvgIpc) is 2.77. The van der Waals surface area contributed by atoms with Crippen molar-refractivity contribution in [1.82, 2.24) is 0 Å². The Labute approximate surface area is 131 Å². The third-order valence-corrected chi connectivity index (χ3v) is 4.80. The van der Waals surface area contributed by atoms with Crippen LogP contribution in [0, 0.1) is 0 Å². The van der Waals surface area contributed by atoms with E-state index in [1.165, 1.54) is 33.4 Å². The minimum Gasteiger partial charge on any atom is -0.399 e. The summed E-state index contributed by atoms with van der Waals surface area (Å²) in [6.07, 6.45) is 0. The summed E-state index contributed by atoms with van der Waals surface area (Å²) in [6, 6.07) is 23.5. The van der Waals surface area contributed by atoms with Crippen LogP contribution >= 0.6 is 0 Å². The normalized spacial score (nSPS) is 14.5. The molecule has 3 aromatic carbocycles. The lowest BCUT2D eigenvalue weighted by Crippen LogP contribution is -2.16. The zero-order valence-corrected chi connectivity index (χ0v) is 12.9. The first-order valence-corrected chi connectivity index (χ1v) is 7.68. The molecule has 1 aliphatic rings. The molecule has 1 aliphatic carbocycles. The molecule has 0 bridgehead atoms. The van der Waals surface area contributed by atoms with Gasteiger partial charge in [-0.1, -0.05) is 68.4 Å². The highest BCUT2D eigenvalue weighted by Gasteiger charge is 2.36. The molecule has 0 radical (unpaired) electrons. The standard InChI is InChI=1S/C21H19N/c1-21(2)19-9-4-3-6-17(19)18-8-5-7-16(20(18)21)14-10-12-15(22)13-11-14/h3-13H,22H2,1-2H3. The van der Waals surface area contributed by atoms with Gasteiger partial charge in [-0.05, 0) is 45.5 Å². The molecule has 0 atom stereocenters. The highest BCUT2D eigenvalue weighted by atomic mass is 14.5. The van der Waals surface area contributed by atoms with E-state index >= 15 is 0 Å². The van der Waals surface area contributed by atoms with Crippen LogP contribution in [0.25, 0.3) is 22.3 Å². The van der Waals surface area contributed by atoms with Crippen LogP contribution in [0.4, 0.5) is 5.69 Å². The van der Waals surface area contributed by atoms with E-state index in [9.17, 15) is 0 Å². The van der Waals surface area contributed by atoms with Gasteiger partial charge in [0, 0.05) is 11.1 Å². The Balaban J connectivity index is 2.02. The second kappa shape index (κ2) is 4.48. The number of rotatable bonds is 1. The molecule has 0 spiro atoms. The van der Waals surface area contributed by atoms with Crippen molar-refractivity contribution in [3.63, 3.8) is 0 Å². The van der Waals surface area contributed by atoms with Gasteiger partial charge >= 0.3 is 0 Å². The van der Waals surface area contributed by atoms with Gasteiger partial charge in [-0.3, -0.25) is 0 Å². The van der Waals surface area contributed by atoms with Gasteiger partial charge in [0.05, 0.1) is 0 Å². The van der Waals surface area contributed by atoms with Gasteiger partial charge in [-0.15, -0.1) is 0 Å². The van der Waals surface area contributed by atoms with Crippen molar-refractivity contribution in [3.05, 3.63) is 77.9 Å². The Kier molecular flexibility index (Phi) is 2.67. The fourth-order valence-electron chi connectivity index (χ4n) is 3.75. The van der Waals surface area contributed by atoms with Crippen LogP contribution in [0.3, 0.4) is 0 Å². The van der Waals surface area contributed by atoms with E-state index in [0.29, 0.717) is 0 Å². The Hall–Kier alpha value is -2.54. The molecular weight excluding hydrogens is 266 g/mol. The molecule has 0 aliphatic heterocycles. The lowest BCUT2D eigenvalue weighted by atomic mass is 9.79. The van der Waals surface area contributed by atoms with Crippen molar-refractivity contribution in [2.24, 2.45) is 0 Å². The fraction of sp³-hybridized carbons (Fsp3) is 0.143. The van der Waals surface area contributed by atoms with Gasteiger partial charge < -0.3 is 5.73 Å². The van der Waals surface area contributed by atoms with E-state index in [4.69, 9.17) is 5.73 Å². The van der Waals surface area contributed by atoms with Crippen LogP contribution in [0.1, 0.15) is 25.0 Å². The summed E-state index contributed by atoms with van der Waals surface area (Å²) in [5.74, 6) is 0. The van der Waals surface area contributed by atoms with Crippen LogP contribution in [0.15, 0.2) is 66.7 Å². The van der Waals surface area contributed by atoms with E-state index in [0.717, 1.165) is 5.69 Å². The Bertz CT molecular complexity index is 857. The van der Waals surface area contributed by atoms with Crippen molar-refractivity contribution in [2.75, 3.05) is 5.73 Å². The van der Waals surface area contributed by atoms with Crippen molar-refractivity contribution in [3.8, 4) is 22.3 Å². The molecule has 108 valence electrons. The van der Waals surface area contributed by atoms with E-state index in [1.54, 1.807) is 0 Å². The molecule has 0 heterocycles. The molecule has 3 aromatic rings. The summed E-state index contributed by atoms with van der Waals surface area (Å²) in [5, 5.41) is 0. The summed E-state index contributed by atoms with van der Waals surface area (Å²) in [5.41, 5.74) is 14.7. The molecule has 2 N–H and O–H groups in total. The summed E-state index contributed by atoms with van der Waals surface area (Å²) in [7, 11) is 0. The van der Waals surface area contributed by atoms with Crippen LogP contribution in [0.2, 0.25) is 0 Å². The van der Waals surface area contributed by atoms with Crippen molar-refractivity contribution in [1.29, 1.82) is 0 Å². The maximum atomic E-state index is 5.84. The van der Waals surface area contributed by atoms with E-state index in [2.05, 4.69) is 68.4 Å². The maximum absolute atomic E-state index is 5.84. The van der Waals surface area contributed by atoms with E-state index in [-0.39, 0.29) is 5.41 Å². The topological polar surface area (TPSA) is 26.0 Å². The molecule has 1 heteroatoms. The number of nitrogens with two attached hydrogens (primary N) is 1. The number of nitrogen functional groups attached to an aromatic ring is 1. The van der Waals surface area contributed by atoms with E-state index in [1.807, 2.05) is 12.1 Å². The molecule has 0 saturated carbocycles. The Morgan fingerprint density at radius 3 is 2.09 bits per heavy atom. The molecule has 0 aromatic heterocycles. The smallest absolute Gasteiger partial charge is 0.0314 e. The summed E-state index contributed by atoms with van der Waals surface area (Å²) < 4.78 is 0. The molecule has 0 unspecified atom stereocenters. The first-order valence-electron chi connectivity index (χ1n) is 7.68. The van der Waals surface area contributed by atoms with Crippen LogP contribution in [-0.2, 0) is 5.41 Å². The number of hydrogen-bond donors (Lipinski definition) is 1. The maximum Gasteiger partial charge on any atom is 0.0314 e. The second-order valence-corrected chi connectivity index (χ2v) is 6.52. The van der Waals surface area contributed by atoms with Crippen molar-refractivity contribution < 1.29 is 0 Å². The van der Waals surface area contributed by atoms with Gasteiger partial charge in [0.25, 0.3) is 0 Å². The summed E-state index contributed by atoms with van der Waals surface area (Å²) >= 11 is 0. The third kappa shape index (κ3) is 1.72. The Morgan fingerprint density at radius 2 is 1.32 bits per heavy atom. The largest absolute Gasteiger partial charge is 0.399 e. The van der Waals surface area contributed by atoms with Gasteiger partial charge in [-0.25, -0.2) is 0 Å². The zero-order valence-electron chi connectivity index (χ0n) is 12.9. The lowest BCUT2D eigenvalue weighted by Gasteiger charge is -2.24. The molecule has 4 rings (SSSR count). The van der Waals surface area contributed by atoms with Gasteiger partial charge in [0.2, 0.25) is 0 Å². The molecule has 22 heavy (non-hydrogen) atoms. The zero-order chi connectivity index (χ0) is 15.3.